The van der Waals surface area contributed by atoms with Crippen LogP contribution < -0.4 is 14.6 Å². The lowest BCUT2D eigenvalue weighted by Crippen LogP contribution is -2.57. The highest BCUT2D eigenvalue weighted by atomic mass is 16.6. The number of ether oxygens (including phenoxy) is 2. The number of aliphatic hydroxyl groups is 1. The van der Waals surface area contributed by atoms with Crippen LogP contribution in [0.5, 0.6) is 11.5 Å². The Morgan fingerprint density at radius 3 is 2.27 bits per heavy atom. The van der Waals surface area contributed by atoms with E-state index in [-0.39, 0.29) is 17.3 Å². The van der Waals surface area contributed by atoms with E-state index in [0.29, 0.717) is 38.9 Å². The van der Waals surface area contributed by atoms with Crippen molar-refractivity contribution in [3.05, 3.63) is 42.0 Å². The molecule has 2 spiro atoms. The molecule has 9 atom stereocenters. The van der Waals surface area contributed by atoms with Crippen molar-refractivity contribution < 1.29 is 29.3 Å². The van der Waals surface area contributed by atoms with Crippen LogP contribution in [-0.2, 0) is 9.59 Å². The van der Waals surface area contributed by atoms with Crippen LogP contribution in [0.1, 0.15) is 132 Å². The van der Waals surface area contributed by atoms with E-state index in [1.165, 1.54) is 96.0 Å². The molecule has 0 unspecified atom stereocenters. The largest absolute Gasteiger partial charge is 0.545 e. The Hall–Kier alpha value is -2.60. The standard InChI is InChI=1S/C31H52O.C12H12O5/c1-20(2)21(3)9-10-22(4)23-13-15-29(8)25-12-11-24-27(5,6)26(32)14-16-30(24)19-31(25,30)18-17-28(23,29)7;1-8(13)17-10-5-3-9(4-6-12(14)15)7-11(10)16-2/h20,22-26,32H,3,9-19H2,1-2,4-8H3;3-7H,1-2H3,(H,14,15)/p-1/t22-,23-,24+,25+,26+,28-,29+,30-,31+;/m1./s1. The minimum atomic E-state index is -1.28. The number of aliphatic carboxylic acids is 1. The van der Waals surface area contributed by atoms with Crippen molar-refractivity contribution in [2.24, 2.45) is 56.7 Å². The molecule has 0 aliphatic heterocycles. The van der Waals surface area contributed by atoms with Crippen molar-refractivity contribution >= 4 is 18.0 Å². The van der Waals surface area contributed by atoms with Crippen LogP contribution in [0.15, 0.2) is 36.4 Å². The first-order valence-electron chi connectivity index (χ1n) is 19.0. The first-order chi connectivity index (χ1) is 22.9. The SMILES string of the molecule is C=C(CC[C@@H](C)[C@H]1CC[C@@]2(C)[C@@H]3CC[C@H]4C(C)(C)[C@@H](O)CC[C@@]45C[C@@]35CC[C@]12C)C(C)C.COc1cc(C=CC(=O)[O-])ccc1OC(C)=O. The summed E-state index contributed by atoms with van der Waals surface area (Å²) in [5.74, 6) is 2.91. The van der Waals surface area contributed by atoms with Crippen molar-refractivity contribution in [3.8, 4) is 11.5 Å². The van der Waals surface area contributed by atoms with Crippen LogP contribution in [0.25, 0.3) is 6.08 Å². The number of hydrogen-bond acceptors (Lipinski definition) is 6. The number of allylic oxidation sites excluding steroid dienone is 1. The highest BCUT2D eigenvalue weighted by Gasteiger charge is 2.82. The molecule has 6 nitrogen and oxygen atoms in total. The Morgan fingerprint density at radius 2 is 1.63 bits per heavy atom. The summed E-state index contributed by atoms with van der Waals surface area (Å²) in [6.07, 6.45) is 17.2. The summed E-state index contributed by atoms with van der Waals surface area (Å²) < 4.78 is 9.92. The Balaban J connectivity index is 0.000000234. The van der Waals surface area contributed by atoms with E-state index in [4.69, 9.17) is 9.47 Å². The molecule has 0 aromatic heterocycles. The molecule has 0 saturated heterocycles. The first kappa shape index (κ1) is 37.7. The molecular weight excluding hydrogens is 612 g/mol. The summed E-state index contributed by atoms with van der Waals surface area (Å²) in [5, 5.41) is 21.1. The average molecular weight is 676 g/mol. The van der Waals surface area contributed by atoms with Gasteiger partial charge in [0.1, 0.15) is 0 Å². The molecule has 272 valence electrons. The summed E-state index contributed by atoms with van der Waals surface area (Å²) in [7, 11) is 1.43. The molecule has 5 aliphatic rings. The summed E-state index contributed by atoms with van der Waals surface area (Å²) in [6, 6.07) is 4.67. The second-order valence-electron chi connectivity index (χ2n) is 18.0. The van der Waals surface area contributed by atoms with E-state index in [2.05, 4.69) is 55.0 Å². The number of esters is 1. The fraction of sp³-hybridized carbons (Fsp3) is 0.721. The maximum absolute atomic E-state index is 10.9. The number of carboxylic acid groups (broad SMARTS) is 1. The number of carbonyl (C=O) groups excluding carboxylic acids is 2. The van der Waals surface area contributed by atoms with Gasteiger partial charge in [0.05, 0.1) is 19.2 Å². The van der Waals surface area contributed by atoms with Crippen molar-refractivity contribution in [2.75, 3.05) is 7.11 Å². The Bertz CT molecular complexity index is 1460. The third kappa shape index (κ3) is 6.31. The van der Waals surface area contributed by atoms with Crippen LogP contribution >= 0.6 is 0 Å². The zero-order valence-electron chi connectivity index (χ0n) is 31.8. The third-order valence-corrected chi connectivity index (χ3v) is 15.4. The lowest BCUT2D eigenvalue weighted by molar-refractivity contribution is -0.297. The van der Waals surface area contributed by atoms with E-state index in [9.17, 15) is 19.8 Å². The summed E-state index contributed by atoms with van der Waals surface area (Å²) >= 11 is 0. The van der Waals surface area contributed by atoms with E-state index in [1.54, 1.807) is 12.1 Å². The van der Waals surface area contributed by atoms with Crippen LogP contribution in [-0.4, -0.2) is 30.3 Å². The number of carboxylic acids is 1. The predicted molar refractivity (Wildman–Crippen MR) is 194 cm³/mol. The van der Waals surface area contributed by atoms with E-state index in [0.717, 1.165) is 36.2 Å². The third-order valence-electron chi connectivity index (χ3n) is 15.4. The highest BCUT2D eigenvalue weighted by Crippen LogP contribution is 2.89. The molecule has 5 aliphatic carbocycles. The molecule has 0 radical (unpaired) electrons. The monoisotopic (exact) mass is 675 g/mol. The number of carbonyl (C=O) groups is 2. The van der Waals surface area contributed by atoms with Crippen molar-refractivity contribution in [1.82, 2.24) is 0 Å². The zero-order valence-corrected chi connectivity index (χ0v) is 31.8. The fourth-order valence-electron chi connectivity index (χ4n) is 12.4. The van der Waals surface area contributed by atoms with Gasteiger partial charge in [-0.25, -0.2) is 0 Å². The van der Waals surface area contributed by atoms with E-state index >= 15 is 0 Å². The van der Waals surface area contributed by atoms with Crippen LogP contribution in [0.3, 0.4) is 0 Å². The van der Waals surface area contributed by atoms with Gasteiger partial charge >= 0.3 is 5.97 Å². The molecule has 6 rings (SSSR count). The van der Waals surface area contributed by atoms with Gasteiger partial charge in [-0.2, -0.15) is 0 Å². The van der Waals surface area contributed by atoms with Crippen LogP contribution in [0.2, 0.25) is 0 Å². The molecule has 0 bridgehead atoms. The van der Waals surface area contributed by atoms with Crippen LogP contribution in [0.4, 0.5) is 0 Å². The summed E-state index contributed by atoms with van der Waals surface area (Å²) in [6.45, 7) is 23.1. The smallest absolute Gasteiger partial charge is 0.308 e. The molecule has 1 aromatic rings. The second-order valence-corrected chi connectivity index (χ2v) is 18.0. The molecule has 6 heteroatoms. The van der Waals surface area contributed by atoms with Gasteiger partial charge in [0.2, 0.25) is 0 Å². The lowest BCUT2D eigenvalue weighted by Gasteiger charge is -2.63. The Labute approximate surface area is 296 Å². The molecule has 0 heterocycles. The minimum Gasteiger partial charge on any atom is -0.545 e. The predicted octanol–water partition coefficient (Wildman–Crippen LogP) is 8.80. The number of aliphatic hydroxyl groups excluding tert-OH is 1. The summed E-state index contributed by atoms with van der Waals surface area (Å²) in [5.41, 5.74) is 4.39. The van der Waals surface area contributed by atoms with Gasteiger partial charge in [-0.05, 0) is 151 Å². The van der Waals surface area contributed by atoms with Crippen molar-refractivity contribution in [1.29, 1.82) is 0 Å². The zero-order chi connectivity index (χ0) is 36.2. The minimum absolute atomic E-state index is 0.0888. The average Bonchev–Trinajstić information content (AvgIpc) is 3.62. The van der Waals surface area contributed by atoms with Gasteiger partial charge in [0.15, 0.2) is 11.5 Å². The number of methoxy groups -OCH3 is 1. The molecule has 1 N–H and O–H groups in total. The molecule has 5 fully saturated rings. The van der Waals surface area contributed by atoms with Gasteiger partial charge in [0.25, 0.3) is 0 Å². The van der Waals surface area contributed by atoms with Crippen molar-refractivity contribution in [3.63, 3.8) is 0 Å². The molecule has 1 aromatic carbocycles. The first-order valence-corrected chi connectivity index (χ1v) is 19.0. The van der Waals surface area contributed by atoms with Gasteiger partial charge in [-0.15, -0.1) is 0 Å². The molecule has 0 amide bonds. The van der Waals surface area contributed by atoms with Gasteiger partial charge in [0, 0.05) is 6.92 Å². The quantitative estimate of drug-likeness (QED) is 0.122. The number of hydrogen-bond donors (Lipinski definition) is 1. The number of benzene rings is 1. The van der Waals surface area contributed by atoms with Gasteiger partial charge < -0.3 is 24.5 Å². The van der Waals surface area contributed by atoms with Gasteiger partial charge in [-0.3, -0.25) is 4.79 Å². The van der Waals surface area contributed by atoms with E-state index in [1.807, 2.05) is 0 Å². The van der Waals surface area contributed by atoms with E-state index < -0.39 is 11.9 Å². The maximum Gasteiger partial charge on any atom is 0.308 e. The highest BCUT2D eigenvalue weighted by molar-refractivity contribution is 5.83. The normalized spacial score (nSPS) is 37.4. The topological polar surface area (TPSA) is 95.9 Å². The molecular formula is C43H63O6-. The molecule has 49 heavy (non-hydrogen) atoms. The molecule has 5 saturated carbocycles. The van der Waals surface area contributed by atoms with Crippen LogP contribution in [0, 0.1) is 56.7 Å². The fourth-order valence-corrected chi connectivity index (χ4v) is 12.4. The lowest BCUT2D eigenvalue weighted by atomic mass is 9.41. The Kier molecular flexibility index (Phi) is 10.4. The Morgan fingerprint density at radius 1 is 0.959 bits per heavy atom. The number of rotatable bonds is 9. The summed E-state index contributed by atoms with van der Waals surface area (Å²) in [4.78, 5) is 21.0. The number of fused-ring (bicyclic) bond motifs is 2. The second kappa shape index (κ2) is 13.5. The van der Waals surface area contributed by atoms with Crippen molar-refractivity contribution in [2.45, 2.75) is 132 Å². The van der Waals surface area contributed by atoms with Gasteiger partial charge in [-0.1, -0.05) is 72.8 Å². The maximum atomic E-state index is 10.9.